The van der Waals surface area contributed by atoms with Crippen LogP contribution in [0.2, 0.25) is 0 Å². The van der Waals surface area contributed by atoms with Crippen molar-refractivity contribution in [3.8, 4) is 0 Å². The Labute approximate surface area is 121 Å². The molecule has 0 saturated heterocycles. The Hall–Kier alpha value is -1.52. The van der Waals surface area contributed by atoms with Crippen molar-refractivity contribution in [2.24, 2.45) is 4.99 Å². The van der Waals surface area contributed by atoms with Crippen LogP contribution in [0.1, 0.15) is 24.1 Å². The smallest absolute Gasteiger partial charge is 0.0548 e. The number of rotatable bonds is 8. The first-order valence-electron chi connectivity index (χ1n) is 7.22. The summed E-state index contributed by atoms with van der Waals surface area (Å²) in [6.45, 7) is 2.64. The molecule has 0 spiro atoms. The fourth-order valence-corrected chi connectivity index (χ4v) is 1.74. The Kier molecular flexibility index (Phi) is 5.89. The summed E-state index contributed by atoms with van der Waals surface area (Å²) in [4.78, 5) is 11.0. The molecule has 0 aliphatic heterocycles. The normalized spacial score (nSPS) is 15.8. The molecule has 20 heavy (non-hydrogen) atoms. The molecule has 0 amide bonds. The number of hydrogen-bond donors (Lipinski definition) is 1. The minimum atomic E-state index is 0.576. The van der Waals surface area contributed by atoms with Crippen LogP contribution in [0, 0.1) is 0 Å². The maximum atomic E-state index is 4.50. The fourth-order valence-electron chi connectivity index (χ4n) is 1.74. The molecule has 4 heteroatoms. The van der Waals surface area contributed by atoms with Crippen molar-refractivity contribution < 1.29 is 0 Å². The molecule has 1 saturated carbocycles. The third kappa shape index (κ3) is 6.08. The predicted molar refractivity (Wildman–Crippen MR) is 84.3 cm³/mol. The summed E-state index contributed by atoms with van der Waals surface area (Å²) in [5, 5.41) is 3.37. The lowest BCUT2D eigenvalue weighted by molar-refractivity contribution is 0.456. The van der Waals surface area contributed by atoms with E-state index in [2.05, 4.69) is 52.5 Å². The van der Waals surface area contributed by atoms with Crippen LogP contribution in [-0.4, -0.2) is 49.3 Å². The molecule has 1 N–H and O–H groups in total. The second-order valence-electron chi connectivity index (χ2n) is 5.45. The highest BCUT2D eigenvalue weighted by atomic mass is 15.0. The summed E-state index contributed by atoms with van der Waals surface area (Å²) >= 11 is 0. The van der Waals surface area contributed by atoms with Gasteiger partial charge >= 0.3 is 0 Å². The van der Waals surface area contributed by atoms with Crippen molar-refractivity contribution in [1.82, 2.24) is 15.2 Å². The molecule has 1 heterocycles. The second-order valence-corrected chi connectivity index (χ2v) is 5.45. The molecule has 1 aromatic rings. The van der Waals surface area contributed by atoms with Crippen LogP contribution in [-0.2, 0) is 6.54 Å². The van der Waals surface area contributed by atoms with E-state index >= 15 is 0 Å². The van der Waals surface area contributed by atoms with Crippen LogP contribution in [0.3, 0.4) is 0 Å². The monoisotopic (exact) mass is 272 g/mol. The minimum Gasteiger partial charge on any atom is -0.308 e. The minimum absolute atomic E-state index is 0.576. The number of aromatic nitrogens is 1. The zero-order chi connectivity index (χ0) is 14.2. The number of nitrogens with zero attached hydrogens (tertiary/aromatic N) is 3. The van der Waals surface area contributed by atoms with Crippen molar-refractivity contribution in [3.05, 3.63) is 41.7 Å². The highest BCUT2D eigenvalue weighted by Crippen LogP contribution is 2.23. The third-order valence-corrected chi connectivity index (χ3v) is 3.03. The number of likely N-dealkylation sites (N-methyl/N-ethyl adjacent to an activating group) is 1. The standard InChI is InChI=1S/C16H24N4/c1-20(2)10-4-3-8-17-13-16-11-14(7-9-18-16)12-19-15-5-6-15/h3-4,7,9,11-12,15,17H,5-6,8,10,13H2,1-2H3. The molecule has 1 aliphatic carbocycles. The van der Waals surface area contributed by atoms with Gasteiger partial charge in [-0.25, -0.2) is 0 Å². The molecule has 1 aliphatic rings. The predicted octanol–water partition coefficient (Wildman–Crippen LogP) is 1.87. The lowest BCUT2D eigenvalue weighted by atomic mass is 10.2. The molecule has 0 bridgehead atoms. The molecule has 0 atom stereocenters. The Morgan fingerprint density at radius 3 is 3.00 bits per heavy atom. The van der Waals surface area contributed by atoms with E-state index in [0.29, 0.717) is 6.04 Å². The van der Waals surface area contributed by atoms with Crippen molar-refractivity contribution >= 4 is 6.21 Å². The molecular weight excluding hydrogens is 248 g/mol. The summed E-state index contributed by atoms with van der Waals surface area (Å²) in [7, 11) is 4.13. The van der Waals surface area contributed by atoms with Crippen molar-refractivity contribution in [2.45, 2.75) is 25.4 Å². The summed E-state index contributed by atoms with van der Waals surface area (Å²) < 4.78 is 0. The largest absolute Gasteiger partial charge is 0.308 e. The van der Waals surface area contributed by atoms with Crippen LogP contribution in [0.25, 0.3) is 0 Å². The SMILES string of the molecule is CN(C)CC=CCNCc1cc(C=NC2CC2)ccn1. The molecule has 0 aromatic carbocycles. The van der Waals surface area contributed by atoms with Gasteiger partial charge in [-0.2, -0.15) is 0 Å². The van der Waals surface area contributed by atoms with Gasteiger partial charge in [0.1, 0.15) is 0 Å². The van der Waals surface area contributed by atoms with Gasteiger partial charge in [0.2, 0.25) is 0 Å². The van der Waals surface area contributed by atoms with Crippen molar-refractivity contribution in [3.63, 3.8) is 0 Å². The highest BCUT2D eigenvalue weighted by Gasteiger charge is 2.18. The van der Waals surface area contributed by atoms with Gasteiger partial charge in [0.25, 0.3) is 0 Å². The lowest BCUT2D eigenvalue weighted by Crippen LogP contribution is -2.15. The van der Waals surface area contributed by atoms with Crippen molar-refractivity contribution in [2.75, 3.05) is 27.2 Å². The van der Waals surface area contributed by atoms with Crippen LogP contribution >= 0.6 is 0 Å². The molecule has 1 aromatic heterocycles. The van der Waals surface area contributed by atoms with Crippen LogP contribution in [0.5, 0.6) is 0 Å². The van der Waals surface area contributed by atoms with Gasteiger partial charge in [0.15, 0.2) is 0 Å². The highest BCUT2D eigenvalue weighted by molar-refractivity contribution is 5.79. The Bertz CT molecular complexity index is 461. The van der Waals surface area contributed by atoms with Crippen molar-refractivity contribution in [1.29, 1.82) is 0 Å². The number of hydrogen-bond acceptors (Lipinski definition) is 4. The average molecular weight is 272 g/mol. The second kappa shape index (κ2) is 7.92. The number of aliphatic imine (C=N–C) groups is 1. The molecule has 1 fully saturated rings. The molecule has 4 nitrogen and oxygen atoms in total. The topological polar surface area (TPSA) is 40.5 Å². The zero-order valence-corrected chi connectivity index (χ0v) is 12.4. The molecule has 108 valence electrons. The molecule has 0 unspecified atom stereocenters. The molecule has 2 rings (SSSR count). The molecule has 0 radical (unpaired) electrons. The van der Waals surface area contributed by atoms with Gasteiger partial charge < -0.3 is 10.2 Å². The first-order valence-corrected chi connectivity index (χ1v) is 7.22. The van der Waals surface area contributed by atoms with Crippen LogP contribution < -0.4 is 5.32 Å². The Morgan fingerprint density at radius 1 is 1.40 bits per heavy atom. The molecular formula is C16H24N4. The average Bonchev–Trinajstić information content (AvgIpc) is 3.25. The maximum Gasteiger partial charge on any atom is 0.0548 e. The maximum absolute atomic E-state index is 4.50. The van der Waals surface area contributed by atoms with E-state index in [0.717, 1.165) is 30.9 Å². The van der Waals surface area contributed by atoms with Gasteiger partial charge in [0.05, 0.1) is 11.7 Å². The van der Waals surface area contributed by atoms with E-state index in [4.69, 9.17) is 0 Å². The van der Waals surface area contributed by atoms with E-state index in [1.165, 1.54) is 12.8 Å². The van der Waals surface area contributed by atoms with Gasteiger partial charge in [0, 0.05) is 32.0 Å². The number of pyridine rings is 1. The van der Waals surface area contributed by atoms with Gasteiger partial charge in [-0.3, -0.25) is 9.98 Å². The van der Waals surface area contributed by atoms with E-state index in [1.807, 2.05) is 18.5 Å². The van der Waals surface area contributed by atoms with Gasteiger partial charge in [-0.15, -0.1) is 0 Å². The van der Waals surface area contributed by atoms with E-state index in [-0.39, 0.29) is 0 Å². The number of nitrogens with one attached hydrogen (secondary N) is 1. The zero-order valence-electron chi connectivity index (χ0n) is 12.4. The van der Waals surface area contributed by atoms with Gasteiger partial charge in [-0.1, -0.05) is 12.2 Å². The first kappa shape index (κ1) is 14.9. The van der Waals surface area contributed by atoms with Crippen LogP contribution in [0.15, 0.2) is 35.5 Å². The summed E-state index contributed by atoms with van der Waals surface area (Å²) in [6.07, 6.45) is 10.6. The third-order valence-electron chi connectivity index (χ3n) is 3.03. The Balaban J connectivity index is 1.72. The van der Waals surface area contributed by atoms with E-state index in [9.17, 15) is 0 Å². The summed E-state index contributed by atoms with van der Waals surface area (Å²) in [5.74, 6) is 0. The fraction of sp³-hybridized carbons (Fsp3) is 0.500. The Morgan fingerprint density at radius 2 is 2.25 bits per heavy atom. The first-order chi connectivity index (χ1) is 9.74. The summed E-state index contributed by atoms with van der Waals surface area (Å²) in [5.41, 5.74) is 2.21. The van der Waals surface area contributed by atoms with Gasteiger partial charge in [-0.05, 0) is 44.6 Å². The lowest BCUT2D eigenvalue weighted by Gasteiger charge is -2.04. The van der Waals surface area contributed by atoms with E-state index in [1.54, 1.807) is 0 Å². The van der Waals surface area contributed by atoms with E-state index < -0.39 is 0 Å². The summed E-state index contributed by atoms with van der Waals surface area (Å²) in [6, 6.07) is 4.68. The van der Waals surface area contributed by atoms with Crippen LogP contribution in [0.4, 0.5) is 0 Å². The quantitative estimate of drug-likeness (QED) is 0.446.